The van der Waals surface area contributed by atoms with E-state index in [2.05, 4.69) is 19.6 Å². The molecule has 1 aromatic rings. The first-order valence-corrected chi connectivity index (χ1v) is 11.0. The summed E-state index contributed by atoms with van der Waals surface area (Å²) in [6.45, 7) is 8.46. The average Bonchev–Trinajstić information content (AvgIpc) is 2.36. The first-order chi connectivity index (χ1) is 9.40. The Kier molecular flexibility index (Phi) is 6.88. The predicted octanol–water partition coefficient (Wildman–Crippen LogP) is 4.08. The fourth-order valence-corrected chi connectivity index (χ4v) is 3.30. The van der Waals surface area contributed by atoms with Gasteiger partial charge in [-0.25, -0.2) is 4.79 Å². The van der Waals surface area contributed by atoms with Gasteiger partial charge in [0.05, 0.1) is 24.2 Å². The van der Waals surface area contributed by atoms with Gasteiger partial charge in [-0.1, -0.05) is 18.2 Å². The van der Waals surface area contributed by atoms with Crippen LogP contribution in [-0.2, 0) is 14.0 Å². The van der Waals surface area contributed by atoms with Crippen molar-refractivity contribution in [1.82, 2.24) is 0 Å². The molecule has 0 unspecified atom stereocenters. The lowest BCUT2D eigenvalue weighted by Crippen LogP contribution is -2.26. The van der Waals surface area contributed by atoms with E-state index in [1.807, 2.05) is 30.3 Å². The van der Waals surface area contributed by atoms with E-state index in [0.717, 1.165) is 4.90 Å². The molecule has 0 saturated carbocycles. The number of thioether (sulfide) groups is 1. The van der Waals surface area contributed by atoms with E-state index >= 15 is 0 Å². The minimum absolute atomic E-state index is 0.339. The van der Waals surface area contributed by atoms with E-state index in [-0.39, 0.29) is 5.97 Å². The Bertz CT molecular complexity index is 452. The topological polar surface area (TPSA) is 35.5 Å². The van der Waals surface area contributed by atoms with E-state index in [1.165, 1.54) is 6.08 Å². The molecule has 0 amide bonds. The van der Waals surface area contributed by atoms with Crippen LogP contribution in [0.4, 0.5) is 0 Å². The molecule has 0 atom stereocenters. The van der Waals surface area contributed by atoms with Gasteiger partial charge in [0.1, 0.15) is 0 Å². The Morgan fingerprint density at radius 3 is 2.45 bits per heavy atom. The van der Waals surface area contributed by atoms with Crippen LogP contribution in [0.15, 0.2) is 47.1 Å². The fraction of sp³-hybridized carbons (Fsp3) is 0.400. The molecule has 0 aliphatic rings. The summed E-state index contributed by atoms with van der Waals surface area (Å²) < 4.78 is 10.9. The first kappa shape index (κ1) is 16.9. The molecule has 110 valence electrons. The molecule has 5 heteroatoms. The molecular weight excluding hydrogens is 288 g/mol. The summed E-state index contributed by atoms with van der Waals surface area (Å²) in [7, 11) is -1.74. The molecule has 3 nitrogen and oxygen atoms in total. The maximum Gasteiger partial charge on any atom is 0.334 e. The maximum atomic E-state index is 11.6. The number of rotatable bonds is 7. The molecule has 1 aromatic carbocycles. The Labute approximate surface area is 126 Å². The van der Waals surface area contributed by atoms with Crippen LogP contribution in [0, 0.1) is 0 Å². The molecule has 0 spiro atoms. The summed E-state index contributed by atoms with van der Waals surface area (Å²) in [6.07, 6.45) is 1.47. The van der Waals surface area contributed by atoms with Crippen molar-refractivity contribution in [3.63, 3.8) is 0 Å². The molecule has 0 bridgehead atoms. The van der Waals surface area contributed by atoms with Crippen LogP contribution in [0.5, 0.6) is 0 Å². The second kappa shape index (κ2) is 8.17. The SMILES string of the molecule is CCOC(=O)/C=C(/CSc1ccccc1)O[Si](C)(C)C. The quantitative estimate of drug-likeness (QED) is 0.250. The van der Waals surface area contributed by atoms with Gasteiger partial charge in [0.25, 0.3) is 0 Å². The van der Waals surface area contributed by atoms with Crippen molar-refractivity contribution in [2.45, 2.75) is 31.5 Å². The predicted molar refractivity (Wildman–Crippen MR) is 86.3 cm³/mol. The Morgan fingerprint density at radius 1 is 1.25 bits per heavy atom. The van der Waals surface area contributed by atoms with E-state index in [0.29, 0.717) is 18.1 Å². The van der Waals surface area contributed by atoms with Gasteiger partial charge in [-0.05, 0) is 38.7 Å². The van der Waals surface area contributed by atoms with Gasteiger partial charge in [0.15, 0.2) is 0 Å². The molecular formula is C15H22O3SSi. The summed E-state index contributed by atoms with van der Waals surface area (Å²) in [5, 5.41) is 0. The van der Waals surface area contributed by atoms with Gasteiger partial charge in [-0.2, -0.15) is 0 Å². The van der Waals surface area contributed by atoms with Crippen molar-refractivity contribution in [1.29, 1.82) is 0 Å². The molecule has 0 aliphatic heterocycles. The lowest BCUT2D eigenvalue weighted by atomic mass is 10.4. The van der Waals surface area contributed by atoms with Crippen LogP contribution in [-0.4, -0.2) is 26.6 Å². The number of ether oxygens (including phenoxy) is 1. The van der Waals surface area contributed by atoms with Crippen molar-refractivity contribution >= 4 is 26.0 Å². The third-order valence-corrected chi connectivity index (χ3v) is 4.04. The van der Waals surface area contributed by atoms with Gasteiger partial charge in [-0.15, -0.1) is 11.8 Å². The lowest BCUT2D eigenvalue weighted by Gasteiger charge is -2.21. The van der Waals surface area contributed by atoms with Crippen LogP contribution in [0.25, 0.3) is 0 Å². The zero-order chi connectivity index (χ0) is 15.0. The normalized spacial score (nSPS) is 12.1. The van der Waals surface area contributed by atoms with E-state index in [1.54, 1.807) is 18.7 Å². The molecule has 0 aliphatic carbocycles. The highest BCUT2D eigenvalue weighted by Gasteiger charge is 2.18. The molecule has 0 heterocycles. The van der Waals surface area contributed by atoms with Crippen molar-refractivity contribution in [2.75, 3.05) is 12.4 Å². The second-order valence-corrected chi connectivity index (χ2v) is 10.7. The summed E-state index contributed by atoms with van der Waals surface area (Å²) in [5.41, 5.74) is 0. The van der Waals surface area contributed by atoms with E-state index in [4.69, 9.17) is 9.16 Å². The first-order valence-electron chi connectivity index (χ1n) is 6.65. The third-order valence-electron chi connectivity index (χ3n) is 2.13. The summed E-state index contributed by atoms with van der Waals surface area (Å²) >= 11 is 1.65. The molecule has 0 fully saturated rings. The zero-order valence-electron chi connectivity index (χ0n) is 12.5. The second-order valence-electron chi connectivity index (χ2n) is 5.18. The number of esters is 1. The molecule has 20 heavy (non-hydrogen) atoms. The van der Waals surface area contributed by atoms with Gasteiger partial charge in [0, 0.05) is 4.90 Å². The van der Waals surface area contributed by atoms with E-state index in [9.17, 15) is 4.79 Å². The van der Waals surface area contributed by atoms with Crippen LogP contribution < -0.4 is 0 Å². The lowest BCUT2D eigenvalue weighted by molar-refractivity contribution is -0.137. The largest absolute Gasteiger partial charge is 0.546 e. The van der Waals surface area contributed by atoms with Gasteiger partial charge < -0.3 is 9.16 Å². The number of hydrogen-bond acceptors (Lipinski definition) is 4. The third kappa shape index (κ3) is 7.40. The van der Waals surface area contributed by atoms with Crippen LogP contribution in [0.1, 0.15) is 6.92 Å². The van der Waals surface area contributed by atoms with Gasteiger partial charge >= 0.3 is 5.97 Å². The highest BCUT2D eigenvalue weighted by molar-refractivity contribution is 7.99. The summed E-state index contributed by atoms with van der Waals surface area (Å²) in [4.78, 5) is 12.7. The Morgan fingerprint density at radius 2 is 1.90 bits per heavy atom. The van der Waals surface area contributed by atoms with Gasteiger partial charge in [0.2, 0.25) is 8.32 Å². The highest BCUT2D eigenvalue weighted by atomic mass is 32.2. The summed E-state index contributed by atoms with van der Waals surface area (Å²) in [5.74, 6) is 0.985. The number of hydrogen-bond donors (Lipinski definition) is 0. The van der Waals surface area contributed by atoms with Crippen molar-refractivity contribution in [2.24, 2.45) is 0 Å². The molecule has 0 N–H and O–H groups in total. The van der Waals surface area contributed by atoms with Crippen molar-refractivity contribution in [3.8, 4) is 0 Å². The van der Waals surface area contributed by atoms with Crippen LogP contribution in [0.2, 0.25) is 19.6 Å². The Hall–Kier alpha value is -1.20. The number of benzene rings is 1. The smallest absolute Gasteiger partial charge is 0.334 e. The number of carbonyl (C=O) groups excluding carboxylic acids is 1. The monoisotopic (exact) mass is 310 g/mol. The van der Waals surface area contributed by atoms with E-state index < -0.39 is 8.32 Å². The van der Waals surface area contributed by atoms with Crippen molar-refractivity contribution in [3.05, 3.63) is 42.2 Å². The highest BCUT2D eigenvalue weighted by Crippen LogP contribution is 2.22. The fourth-order valence-electron chi connectivity index (χ4n) is 1.48. The molecule has 0 radical (unpaired) electrons. The average molecular weight is 310 g/mol. The minimum Gasteiger partial charge on any atom is -0.546 e. The number of carbonyl (C=O) groups is 1. The zero-order valence-corrected chi connectivity index (χ0v) is 14.3. The summed E-state index contributed by atoms with van der Waals surface area (Å²) in [6, 6.07) is 10.1. The van der Waals surface area contributed by atoms with Crippen molar-refractivity contribution < 1.29 is 14.0 Å². The van der Waals surface area contributed by atoms with Crippen LogP contribution >= 0.6 is 11.8 Å². The molecule has 0 saturated heterocycles. The Balaban J connectivity index is 2.70. The minimum atomic E-state index is -1.74. The van der Waals surface area contributed by atoms with Crippen LogP contribution in [0.3, 0.4) is 0 Å². The maximum absolute atomic E-state index is 11.6. The van der Waals surface area contributed by atoms with Gasteiger partial charge in [-0.3, -0.25) is 0 Å². The molecule has 1 rings (SSSR count). The standard InChI is InChI=1S/C15H22O3SSi/c1-5-17-15(16)11-13(18-20(2,3)4)12-19-14-9-7-6-8-10-14/h6-11H,5,12H2,1-4H3/b13-11-. The molecule has 0 aromatic heterocycles.